The monoisotopic (exact) mass is 983 g/mol. The van der Waals surface area contributed by atoms with Crippen molar-refractivity contribution in [3.05, 3.63) is 142 Å². The number of likely N-dealkylation sites (tertiary alicyclic amines) is 3. The van der Waals surface area contributed by atoms with E-state index in [1.807, 2.05) is 29.2 Å². The van der Waals surface area contributed by atoms with E-state index in [-0.39, 0.29) is 58.8 Å². The van der Waals surface area contributed by atoms with Gasteiger partial charge in [-0.05, 0) is 109 Å². The van der Waals surface area contributed by atoms with E-state index in [4.69, 9.17) is 9.47 Å². The van der Waals surface area contributed by atoms with Gasteiger partial charge in [0.05, 0.1) is 26.1 Å². The van der Waals surface area contributed by atoms with Gasteiger partial charge in [-0.25, -0.2) is 4.79 Å². The summed E-state index contributed by atoms with van der Waals surface area (Å²) in [5.74, 6) is 0.323. The molecule has 12 nitrogen and oxygen atoms in total. The van der Waals surface area contributed by atoms with Crippen molar-refractivity contribution in [3.63, 3.8) is 0 Å². The second-order valence-electron chi connectivity index (χ2n) is 22.2. The molecular weight excluding hydrogens is 909 g/mol. The van der Waals surface area contributed by atoms with E-state index >= 15 is 0 Å². The Kier molecular flexibility index (Phi) is 16.2. The molecule has 0 spiro atoms. The first-order valence-electron chi connectivity index (χ1n) is 25.8. The summed E-state index contributed by atoms with van der Waals surface area (Å²) in [4.78, 5) is 62.0. The number of pyridine rings is 1. The van der Waals surface area contributed by atoms with Crippen LogP contribution < -0.4 is 10.3 Å². The molecule has 4 aromatic carbocycles. The molecule has 3 saturated heterocycles. The van der Waals surface area contributed by atoms with E-state index < -0.39 is 19.6 Å². The lowest BCUT2D eigenvalue weighted by Gasteiger charge is -2.42. The van der Waals surface area contributed by atoms with Crippen LogP contribution >= 0.6 is 0 Å². The number of esters is 1. The van der Waals surface area contributed by atoms with Crippen molar-refractivity contribution >= 4 is 36.8 Å². The molecule has 3 aliphatic rings. The van der Waals surface area contributed by atoms with Crippen molar-refractivity contribution in [2.45, 2.75) is 108 Å². The number of aliphatic hydroxyl groups is 1. The number of amides is 2. The molecule has 3 N–H and O–H groups in total. The molecule has 4 heterocycles. The van der Waals surface area contributed by atoms with Gasteiger partial charge in [-0.2, -0.15) is 0 Å². The second-order valence-corrected chi connectivity index (χ2v) is 27.9. The summed E-state index contributed by atoms with van der Waals surface area (Å²) in [5.41, 5.74) is 1.31. The molecule has 71 heavy (non-hydrogen) atoms. The Morgan fingerprint density at radius 3 is 2.14 bits per heavy atom. The van der Waals surface area contributed by atoms with Gasteiger partial charge in [0.25, 0.3) is 5.91 Å². The summed E-state index contributed by atoms with van der Waals surface area (Å²) in [7, 11) is -1.69. The second kappa shape index (κ2) is 22.3. The molecule has 0 saturated carbocycles. The Morgan fingerprint density at radius 1 is 0.789 bits per heavy atom. The molecule has 0 radical (unpaired) electrons. The van der Waals surface area contributed by atoms with E-state index in [1.165, 1.54) is 11.1 Å². The fourth-order valence-electron chi connectivity index (χ4n) is 10.7. The van der Waals surface area contributed by atoms with Gasteiger partial charge in [0, 0.05) is 49.7 Å². The van der Waals surface area contributed by atoms with Crippen LogP contribution in [-0.2, 0) is 31.3 Å². The Balaban J connectivity index is 0.791. The Hall–Kier alpha value is -5.76. The van der Waals surface area contributed by atoms with Crippen LogP contribution in [0.3, 0.4) is 0 Å². The number of aromatic amines is 1. The van der Waals surface area contributed by atoms with Gasteiger partial charge in [-0.15, -0.1) is 0 Å². The summed E-state index contributed by atoms with van der Waals surface area (Å²) in [6, 6.07) is 34.1. The predicted molar refractivity (Wildman–Crippen MR) is 281 cm³/mol. The van der Waals surface area contributed by atoms with Gasteiger partial charge in [-0.3, -0.25) is 19.3 Å². The number of ether oxygens (including phenoxy) is 2. The van der Waals surface area contributed by atoms with Crippen molar-refractivity contribution < 1.29 is 34.1 Å². The normalized spacial score (nSPS) is 17.9. The number of nitrogens with zero attached hydrogens (tertiary/aromatic N) is 3. The smallest absolute Gasteiger partial charge is 0.347 e. The number of aromatic hydroxyl groups is 1. The van der Waals surface area contributed by atoms with Crippen LogP contribution in [0.25, 0.3) is 10.9 Å². The van der Waals surface area contributed by atoms with Crippen molar-refractivity contribution in [2.75, 3.05) is 52.5 Å². The average Bonchev–Trinajstić information content (AvgIpc) is 3.35. The zero-order valence-electron chi connectivity index (χ0n) is 42.4. The molecule has 1 aromatic heterocycles. The minimum absolute atomic E-state index is 0.0929. The van der Waals surface area contributed by atoms with E-state index in [0.29, 0.717) is 54.8 Å². The largest absolute Gasteiger partial charge is 0.506 e. The molecule has 2 atom stereocenters. The summed E-state index contributed by atoms with van der Waals surface area (Å²) in [5, 5.41) is 24.0. The molecule has 3 aliphatic heterocycles. The third-order valence-corrected chi connectivity index (χ3v) is 21.9. The molecule has 0 aliphatic carbocycles. The van der Waals surface area contributed by atoms with E-state index in [2.05, 4.69) is 68.0 Å². The molecule has 1 unspecified atom stereocenters. The third-order valence-electron chi connectivity index (χ3n) is 16.3. The lowest BCUT2D eigenvalue weighted by Crippen LogP contribution is -2.58. The quantitative estimate of drug-likeness (QED) is 0.0576. The maximum Gasteiger partial charge on any atom is 0.347 e. The van der Waals surface area contributed by atoms with Crippen molar-refractivity contribution in [2.24, 2.45) is 17.8 Å². The van der Waals surface area contributed by atoms with Crippen LogP contribution in [0.1, 0.15) is 93.9 Å². The molecule has 2 amide bonds. The summed E-state index contributed by atoms with van der Waals surface area (Å²) < 4.78 is 11.9. The summed E-state index contributed by atoms with van der Waals surface area (Å²) >= 11 is 0. The first-order chi connectivity index (χ1) is 34.0. The van der Waals surface area contributed by atoms with Crippen LogP contribution in [0.15, 0.2) is 114 Å². The number of phenolic OH excluding ortho intramolecular Hbond substituents is 1. The molecule has 5 aromatic rings. The average molecular weight is 983 g/mol. The number of hydrogen-bond donors (Lipinski definition) is 3. The summed E-state index contributed by atoms with van der Waals surface area (Å²) in [6.07, 6.45) is 6.86. The van der Waals surface area contributed by atoms with Gasteiger partial charge >= 0.3 is 5.97 Å². The van der Waals surface area contributed by atoms with Crippen LogP contribution in [0.2, 0.25) is 24.2 Å². The fourth-order valence-corrected chi connectivity index (χ4v) is 12.9. The zero-order valence-corrected chi connectivity index (χ0v) is 43.4. The molecule has 3 fully saturated rings. The fraction of sp³-hybridized carbons (Fsp3) is 0.483. The first-order valence-corrected chi connectivity index (χ1v) is 29.1. The van der Waals surface area contributed by atoms with Crippen molar-refractivity contribution in [1.82, 2.24) is 19.7 Å². The first kappa shape index (κ1) is 51.6. The maximum atomic E-state index is 13.9. The molecule has 0 bridgehead atoms. The van der Waals surface area contributed by atoms with Crippen LogP contribution in [-0.4, -0.2) is 108 Å². The minimum Gasteiger partial charge on any atom is -0.506 e. The maximum absolute atomic E-state index is 13.9. The highest BCUT2D eigenvalue weighted by molar-refractivity contribution is 6.80. The summed E-state index contributed by atoms with van der Waals surface area (Å²) in [6.45, 7) is 16.8. The van der Waals surface area contributed by atoms with E-state index in [1.54, 1.807) is 65.6 Å². The SMILES string of the molecule is CC(C)(C)[Si](C)(C)CC(CCCC1CCN(C(=O)C2CN(C(=O)COc3cccc([C@](O)(C(=O)OCC4CCN(Cc5ccccc5)CC4)c4ccccc4)c3)C2)CC1)c1ccc(O)c2[nH]c(=O)ccc12. The number of carbonyl (C=O) groups is 3. The van der Waals surface area contributed by atoms with Crippen LogP contribution in [0.4, 0.5) is 0 Å². The number of nitrogens with one attached hydrogen (secondary N) is 1. The number of piperidine rings is 2. The van der Waals surface area contributed by atoms with Crippen LogP contribution in [0, 0.1) is 17.8 Å². The lowest BCUT2D eigenvalue weighted by atomic mass is 9.86. The standard InChI is InChI=1S/C58H74N4O8Si/c1-57(2,3)71(4,5)40-44(49-22-24-51(63)54-50(49)23-25-52(64)59-54)17-12-16-41-28-32-61(33-29-41)55(66)45-36-62(37-45)53(65)39-69-48-21-13-20-47(34-48)58(68,46-18-10-7-11-19-46)56(67)70-38-43-26-30-60(31-27-43)35-42-14-8-6-9-15-42/h6-11,13-15,18-25,34,41,43-45,63,68H,12,16-17,26-33,35-40H2,1-5H3,(H,59,64)/t44?,58-/m0/s1. The number of phenols is 1. The van der Waals surface area contributed by atoms with Crippen LogP contribution in [0.5, 0.6) is 11.5 Å². The lowest BCUT2D eigenvalue weighted by molar-refractivity contribution is -0.164. The molecule has 8 rings (SSSR count). The Morgan fingerprint density at radius 2 is 1.45 bits per heavy atom. The topological polar surface area (TPSA) is 153 Å². The number of hydrogen-bond acceptors (Lipinski definition) is 9. The number of fused-ring (bicyclic) bond motifs is 1. The van der Waals surface area contributed by atoms with Gasteiger partial charge in [0.1, 0.15) is 11.5 Å². The molecular formula is C58H74N4O8Si. The third kappa shape index (κ3) is 12.3. The molecule has 378 valence electrons. The highest BCUT2D eigenvalue weighted by atomic mass is 28.3. The predicted octanol–water partition coefficient (Wildman–Crippen LogP) is 9.46. The molecule has 13 heteroatoms. The van der Waals surface area contributed by atoms with Crippen molar-refractivity contribution in [3.8, 4) is 11.5 Å². The number of benzene rings is 4. The Bertz CT molecular complexity index is 2670. The van der Waals surface area contributed by atoms with Gasteiger partial charge in [-0.1, -0.05) is 132 Å². The van der Waals surface area contributed by atoms with E-state index in [0.717, 1.165) is 76.0 Å². The number of aromatic nitrogens is 1. The van der Waals surface area contributed by atoms with Gasteiger partial charge in [0.15, 0.2) is 6.61 Å². The zero-order chi connectivity index (χ0) is 50.3. The van der Waals surface area contributed by atoms with Gasteiger partial charge in [0.2, 0.25) is 17.1 Å². The van der Waals surface area contributed by atoms with Crippen molar-refractivity contribution in [1.29, 1.82) is 0 Å². The number of rotatable bonds is 18. The minimum atomic E-state index is -2.10. The number of carbonyl (C=O) groups excluding carboxylic acids is 3. The highest BCUT2D eigenvalue weighted by Gasteiger charge is 2.43. The van der Waals surface area contributed by atoms with Gasteiger partial charge < -0.3 is 34.5 Å². The highest BCUT2D eigenvalue weighted by Crippen LogP contribution is 2.46. The van der Waals surface area contributed by atoms with E-state index in [9.17, 15) is 29.4 Å². The Labute approximate surface area is 420 Å². The number of H-pyrrole nitrogens is 1.